The number of aromatic nitrogens is 3. The van der Waals surface area contributed by atoms with Gasteiger partial charge in [-0.25, -0.2) is 9.97 Å². The summed E-state index contributed by atoms with van der Waals surface area (Å²) in [5, 5.41) is 5.26. The molecule has 7 heteroatoms. The number of para-hydroxylation sites is 2. The second-order valence-corrected chi connectivity index (χ2v) is 6.18. The third kappa shape index (κ3) is 3.09. The Morgan fingerprint density at radius 3 is 2.68 bits per heavy atom. The van der Waals surface area contributed by atoms with Crippen molar-refractivity contribution in [2.24, 2.45) is 0 Å². The molecule has 2 aromatic carbocycles. The molecule has 2 N–H and O–H groups in total. The minimum atomic E-state index is -0.296. The van der Waals surface area contributed by atoms with Crippen LogP contribution >= 0.6 is 11.3 Å². The third-order valence-corrected chi connectivity index (χ3v) is 4.59. The predicted molar refractivity (Wildman–Crippen MR) is 98.1 cm³/mol. The van der Waals surface area contributed by atoms with Crippen LogP contribution in [0.3, 0.4) is 0 Å². The van der Waals surface area contributed by atoms with Crippen molar-refractivity contribution in [3.8, 4) is 16.3 Å². The molecule has 4 aromatic rings. The van der Waals surface area contributed by atoms with Crippen LogP contribution in [-0.4, -0.2) is 28.0 Å². The van der Waals surface area contributed by atoms with Crippen LogP contribution in [0.25, 0.3) is 21.6 Å². The van der Waals surface area contributed by atoms with Crippen molar-refractivity contribution in [2.75, 3.05) is 12.4 Å². The number of H-pyrrole nitrogens is 1. The molecule has 0 radical (unpaired) electrons. The van der Waals surface area contributed by atoms with Gasteiger partial charge in [0.05, 0.1) is 18.1 Å². The molecule has 0 saturated heterocycles. The van der Waals surface area contributed by atoms with Gasteiger partial charge in [0.25, 0.3) is 5.91 Å². The number of methoxy groups -OCH3 is 1. The molecule has 0 aliphatic heterocycles. The van der Waals surface area contributed by atoms with Crippen LogP contribution in [0.4, 0.5) is 5.95 Å². The Kier molecular flexibility index (Phi) is 3.91. The lowest BCUT2D eigenvalue weighted by Crippen LogP contribution is -2.13. The highest BCUT2D eigenvalue weighted by atomic mass is 32.1. The van der Waals surface area contributed by atoms with Crippen LogP contribution in [0.2, 0.25) is 0 Å². The fourth-order valence-corrected chi connectivity index (χ4v) is 3.23. The number of imidazole rings is 1. The molecule has 25 heavy (non-hydrogen) atoms. The molecule has 2 heterocycles. The molecule has 4 rings (SSSR count). The summed E-state index contributed by atoms with van der Waals surface area (Å²) >= 11 is 1.42. The van der Waals surface area contributed by atoms with E-state index in [0.717, 1.165) is 27.4 Å². The highest BCUT2D eigenvalue weighted by Gasteiger charge is 2.14. The number of anilines is 1. The Morgan fingerprint density at radius 2 is 1.92 bits per heavy atom. The van der Waals surface area contributed by atoms with E-state index >= 15 is 0 Å². The first kappa shape index (κ1) is 15.3. The summed E-state index contributed by atoms with van der Waals surface area (Å²) in [4.78, 5) is 24.2. The van der Waals surface area contributed by atoms with E-state index in [1.807, 2.05) is 48.5 Å². The van der Waals surface area contributed by atoms with Gasteiger partial charge < -0.3 is 9.72 Å². The molecule has 0 saturated carbocycles. The lowest BCUT2D eigenvalue weighted by Gasteiger charge is -2.00. The van der Waals surface area contributed by atoms with Gasteiger partial charge in [0.2, 0.25) is 5.95 Å². The third-order valence-electron chi connectivity index (χ3n) is 3.70. The number of carbonyl (C=O) groups is 1. The lowest BCUT2D eigenvalue weighted by molar-refractivity contribution is 0.102. The number of ether oxygens (including phenoxy) is 1. The average Bonchev–Trinajstić information content (AvgIpc) is 3.28. The number of amides is 1. The monoisotopic (exact) mass is 350 g/mol. The fourth-order valence-electron chi connectivity index (χ4n) is 2.43. The SMILES string of the molecule is COc1ccc(-c2nc(C(=O)Nc3nc4ccccc4[nH]3)cs2)cc1. The standard InChI is InChI=1S/C18H14N4O2S/c1-24-12-8-6-11(7-9-12)17-19-15(10-25-17)16(23)22-18-20-13-4-2-3-5-14(13)21-18/h2-10H,1H3,(H2,20,21,22,23). The first-order chi connectivity index (χ1) is 12.2. The van der Waals surface area contributed by atoms with E-state index in [2.05, 4.69) is 20.3 Å². The highest BCUT2D eigenvalue weighted by Crippen LogP contribution is 2.26. The first-order valence-electron chi connectivity index (χ1n) is 7.59. The number of carbonyl (C=O) groups excluding carboxylic acids is 1. The van der Waals surface area contributed by atoms with Crippen molar-refractivity contribution in [3.05, 3.63) is 59.6 Å². The summed E-state index contributed by atoms with van der Waals surface area (Å²) < 4.78 is 5.15. The Hall–Kier alpha value is -3.19. The molecule has 0 aliphatic carbocycles. The topological polar surface area (TPSA) is 79.9 Å². The zero-order chi connectivity index (χ0) is 17.2. The molecule has 0 bridgehead atoms. The van der Waals surface area contributed by atoms with Crippen molar-refractivity contribution < 1.29 is 9.53 Å². The molecular weight excluding hydrogens is 336 g/mol. The number of hydrogen-bond donors (Lipinski definition) is 2. The maximum absolute atomic E-state index is 12.4. The maximum atomic E-state index is 12.4. The smallest absolute Gasteiger partial charge is 0.277 e. The van der Waals surface area contributed by atoms with Crippen LogP contribution in [0.5, 0.6) is 5.75 Å². The largest absolute Gasteiger partial charge is 0.497 e. The molecule has 2 aromatic heterocycles. The molecular formula is C18H14N4O2S. The van der Waals surface area contributed by atoms with Crippen molar-refractivity contribution in [2.45, 2.75) is 0 Å². The van der Waals surface area contributed by atoms with E-state index in [1.165, 1.54) is 11.3 Å². The van der Waals surface area contributed by atoms with Crippen molar-refractivity contribution >= 4 is 34.2 Å². The zero-order valence-corrected chi connectivity index (χ0v) is 14.1. The van der Waals surface area contributed by atoms with Gasteiger partial charge in [0, 0.05) is 10.9 Å². The molecule has 1 amide bonds. The van der Waals surface area contributed by atoms with Gasteiger partial charge in [-0.2, -0.15) is 0 Å². The van der Waals surface area contributed by atoms with E-state index in [0.29, 0.717) is 11.6 Å². The quantitative estimate of drug-likeness (QED) is 0.584. The summed E-state index contributed by atoms with van der Waals surface area (Å²) in [7, 11) is 1.62. The number of hydrogen-bond acceptors (Lipinski definition) is 5. The van der Waals surface area contributed by atoms with Crippen LogP contribution in [-0.2, 0) is 0 Å². The second-order valence-electron chi connectivity index (χ2n) is 5.32. The summed E-state index contributed by atoms with van der Waals surface area (Å²) in [5.74, 6) is 0.892. The number of nitrogens with zero attached hydrogens (tertiary/aromatic N) is 2. The fraction of sp³-hybridized carbons (Fsp3) is 0.0556. The number of fused-ring (bicyclic) bond motifs is 1. The predicted octanol–water partition coefficient (Wildman–Crippen LogP) is 3.95. The second kappa shape index (κ2) is 6.37. The van der Waals surface area contributed by atoms with E-state index in [4.69, 9.17) is 4.74 Å². The Balaban J connectivity index is 1.53. The first-order valence-corrected chi connectivity index (χ1v) is 8.47. The van der Waals surface area contributed by atoms with Gasteiger partial charge in [-0.15, -0.1) is 11.3 Å². The van der Waals surface area contributed by atoms with Crippen LogP contribution in [0, 0.1) is 0 Å². The van der Waals surface area contributed by atoms with Gasteiger partial charge in [0.1, 0.15) is 16.5 Å². The number of benzene rings is 2. The maximum Gasteiger partial charge on any atom is 0.277 e. The van der Waals surface area contributed by atoms with Gasteiger partial charge in [-0.3, -0.25) is 10.1 Å². The number of rotatable bonds is 4. The average molecular weight is 350 g/mol. The molecule has 6 nitrogen and oxygen atoms in total. The Bertz CT molecular complexity index is 1000. The minimum Gasteiger partial charge on any atom is -0.497 e. The lowest BCUT2D eigenvalue weighted by atomic mass is 10.2. The van der Waals surface area contributed by atoms with E-state index in [9.17, 15) is 4.79 Å². The number of aromatic amines is 1. The minimum absolute atomic E-state index is 0.296. The molecule has 0 fully saturated rings. The van der Waals surface area contributed by atoms with Crippen molar-refractivity contribution in [1.29, 1.82) is 0 Å². The summed E-state index contributed by atoms with van der Waals surface area (Å²) in [6, 6.07) is 15.2. The molecule has 0 spiro atoms. The molecule has 0 aliphatic rings. The molecule has 0 atom stereocenters. The van der Waals surface area contributed by atoms with Crippen molar-refractivity contribution in [1.82, 2.24) is 15.0 Å². The van der Waals surface area contributed by atoms with E-state index in [-0.39, 0.29) is 5.91 Å². The highest BCUT2D eigenvalue weighted by molar-refractivity contribution is 7.13. The van der Waals surface area contributed by atoms with Gasteiger partial charge >= 0.3 is 0 Å². The van der Waals surface area contributed by atoms with Crippen LogP contribution < -0.4 is 10.1 Å². The number of nitrogens with one attached hydrogen (secondary N) is 2. The summed E-state index contributed by atoms with van der Waals surface area (Å²) in [6.07, 6.45) is 0. The number of thiazole rings is 1. The van der Waals surface area contributed by atoms with Gasteiger partial charge in [0.15, 0.2) is 0 Å². The Labute approximate surface area is 147 Å². The normalized spacial score (nSPS) is 10.8. The molecule has 124 valence electrons. The molecule has 0 unspecified atom stereocenters. The Morgan fingerprint density at radius 1 is 1.12 bits per heavy atom. The van der Waals surface area contributed by atoms with E-state index < -0.39 is 0 Å². The summed E-state index contributed by atoms with van der Waals surface area (Å²) in [5.41, 5.74) is 2.97. The van der Waals surface area contributed by atoms with E-state index in [1.54, 1.807) is 12.5 Å². The van der Waals surface area contributed by atoms with Crippen molar-refractivity contribution in [3.63, 3.8) is 0 Å². The van der Waals surface area contributed by atoms with Gasteiger partial charge in [-0.1, -0.05) is 12.1 Å². The van der Waals surface area contributed by atoms with Crippen LogP contribution in [0.15, 0.2) is 53.9 Å². The van der Waals surface area contributed by atoms with Gasteiger partial charge in [-0.05, 0) is 36.4 Å². The van der Waals surface area contributed by atoms with Crippen LogP contribution in [0.1, 0.15) is 10.5 Å². The summed E-state index contributed by atoms with van der Waals surface area (Å²) in [6.45, 7) is 0. The zero-order valence-electron chi connectivity index (χ0n) is 13.3.